The van der Waals surface area contributed by atoms with E-state index in [-0.39, 0.29) is 5.69 Å². The molecule has 0 unspecified atom stereocenters. The summed E-state index contributed by atoms with van der Waals surface area (Å²) < 4.78 is 0. The average molecular weight is 283 g/mol. The van der Waals surface area contributed by atoms with Crippen molar-refractivity contribution in [2.45, 2.75) is 0 Å². The maximum Gasteiger partial charge on any atom is 0.278 e. The number of nitro benzene ring substituents is 1. The molecule has 0 aliphatic carbocycles. The first kappa shape index (κ1) is 12.4. The van der Waals surface area contributed by atoms with Crippen molar-refractivity contribution >= 4 is 40.1 Å². The zero-order chi connectivity index (χ0) is 13.9. The van der Waals surface area contributed by atoms with Crippen LogP contribution in [0.4, 0.5) is 5.69 Å². The fourth-order valence-electron chi connectivity index (χ4n) is 1.88. The van der Waals surface area contributed by atoms with Gasteiger partial charge in [-0.2, -0.15) is 0 Å². The van der Waals surface area contributed by atoms with Gasteiger partial charge in [-0.1, -0.05) is 6.07 Å². The van der Waals surface area contributed by atoms with Crippen molar-refractivity contribution in [2.24, 2.45) is 0 Å². The summed E-state index contributed by atoms with van der Waals surface area (Å²) in [6.07, 6.45) is 5.56. The zero-order valence-electron chi connectivity index (χ0n) is 10.3. The molecule has 0 aliphatic rings. The number of benzene rings is 1. The lowest BCUT2D eigenvalue weighted by atomic mass is 10.1. The lowest BCUT2D eigenvalue weighted by Crippen LogP contribution is -1.91. The lowest BCUT2D eigenvalue weighted by Gasteiger charge is -2.00. The third-order valence-corrected chi connectivity index (χ3v) is 3.54. The molecule has 5 nitrogen and oxygen atoms in total. The van der Waals surface area contributed by atoms with Crippen molar-refractivity contribution in [3.05, 3.63) is 62.7 Å². The smallest absolute Gasteiger partial charge is 0.258 e. The van der Waals surface area contributed by atoms with Gasteiger partial charge in [-0.15, -0.1) is 11.3 Å². The molecule has 0 amide bonds. The predicted molar refractivity (Wildman–Crippen MR) is 79.4 cm³/mol. The maximum absolute atomic E-state index is 10.9. The van der Waals surface area contributed by atoms with Crippen LogP contribution >= 0.6 is 11.3 Å². The van der Waals surface area contributed by atoms with Crippen LogP contribution < -0.4 is 0 Å². The molecule has 2 heterocycles. The van der Waals surface area contributed by atoms with Crippen LogP contribution in [0.5, 0.6) is 0 Å². The van der Waals surface area contributed by atoms with Gasteiger partial charge in [0.05, 0.1) is 27.0 Å². The lowest BCUT2D eigenvalue weighted by molar-refractivity contribution is -0.383. The van der Waals surface area contributed by atoms with E-state index in [1.54, 1.807) is 36.0 Å². The summed E-state index contributed by atoms with van der Waals surface area (Å²) >= 11 is 1.54. The minimum absolute atomic E-state index is 0.0768. The number of rotatable bonds is 3. The molecule has 0 spiro atoms. The quantitative estimate of drug-likeness (QED) is 0.542. The molecular weight excluding hydrogens is 274 g/mol. The predicted octanol–water partition coefficient (Wildman–Crippen LogP) is 3.77. The summed E-state index contributed by atoms with van der Waals surface area (Å²) in [5, 5.41) is 11.5. The van der Waals surface area contributed by atoms with Crippen molar-refractivity contribution < 1.29 is 4.92 Å². The van der Waals surface area contributed by atoms with Crippen molar-refractivity contribution in [1.29, 1.82) is 0 Å². The van der Waals surface area contributed by atoms with E-state index in [1.165, 1.54) is 17.4 Å². The number of hydrogen-bond acceptors (Lipinski definition) is 5. The van der Waals surface area contributed by atoms with Crippen LogP contribution in [0.2, 0.25) is 0 Å². The fraction of sp³-hybridized carbons (Fsp3) is 0. The zero-order valence-corrected chi connectivity index (χ0v) is 11.1. The molecule has 0 atom stereocenters. The number of hydrogen-bond donors (Lipinski definition) is 0. The van der Waals surface area contributed by atoms with Gasteiger partial charge < -0.3 is 0 Å². The Morgan fingerprint density at radius 1 is 1.20 bits per heavy atom. The second-order valence-corrected chi connectivity index (χ2v) is 4.99. The largest absolute Gasteiger partial charge is 0.278 e. The van der Waals surface area contributed by atoms with Crippen molar-refractivity contribution in [2.75, 3.05) is 0 Å². The van der Waals surface area contributed by atoms with Crippen LogP contribution in [0.25, 0.3) is 23.1 Å². The molecule has 20 heavy (non-hydrogen) atoms. The van der Waals surface area contributed by atoms with Crippen molar-refractivity contribution in [1.82, 2.24) is 9.97 Å². The van der Waals surface area contributed by atoms with Gasteiger partial charge in [-0.05, 0) is 30.4 Å². The van der Waals surface area contributed by atoms with Crippen LogP contribution in [0, 0.1) is 10.1 Å². The topological polar surface area (TPSA) is 68.9 Å². The van der Waals surface area contributed by atoms with Crippen LogP contribution in [0.15, 0.2) is 42.0 Å². The summed E-state index contributed by atoms with van der Waals surface area (Å²) in [6.45, 7) is 0. The number of thiazole rings is 1. The third-order valence-electron chi connectivity index (χ3n) is 2.80. The van der Waals surface area contributed by atoms with Crippen LogP contribution in [0.3, 0.4) is 0 Å². The highest BCUT2D eigenvalue weighted by Gasteiger charge is 2.11. The number of fused-ring (bicyclic) bond motifs is 1. The van der Waals surface area contributed by atoms with Crippen molar-refractivity contribution in [3.8, 4) is 0 Å². The van der Waals surface area contributed by atoms with E-state index in [0.717, 1.165) is 10.6 Å². The van der Waals surface area contributed by atoms with E-state index in [1.807, 2.05) is 12.2 Å². The van der Waals surface area contributed by atoms with E-state index >= 15 is 0 Å². The second-order valence-electron chi connectivity index (χ2n) is 4.07. The van der Waals surface area contributed by atoms with Gasteiger partial charge in [0.25, 0.3) is 5.69 Å². The summed E-state index contributed by atoms with van der Waals surface area (Å²) in [6, 6.07) is 8.40. The van der Waals surface area contributed by atoms with Gasteiger partial charge in [0.2, 0.25) is 0 Å². The minimum Gasteiger partial charge on any atom is -0.258 e. The van der Waals surface area contributed by atoms with Gasteiger partial charge in [0, 0.05) is 17.1 Å². The van der Waals surface area contributed by atoms with Crippen molar-refractivity contribution in [3.63, 3.8) is 0 Å². The van der Waals surface area contributed by atoms with Crippen LogP contribution in [-0.4, -0.2) is 14.9 Å². The number of pyridine rings is 1. The maximum atomic E-state index is 10.9. The van der Waals surface area contributed by atoms with Crippen LogP contribution in [0.1, 0.15) is 10.6 Å². The minimum atomic E-state index is -0.392. The van der Waals surface area contributed by atoms with E-state index in [4.69, 9.17) is 0 Å². The fourth-order valence-corrected chi connectivity index (χ4v) is 2.39. The molecule has 98 valence electrons. The molecule has 0 radical (unpaired) electrons. The molecule has 0 bridgehead atoms. The van der Waals surface area contributed by atoms with Gasteiger partial charge in [0.1, 0.15) is 0 Å². The highest BCUT2D eigenvalue weighted by molar-refractivity contribution is 7.10. The third kappa shape index (κ3) is 2.41. The average Bonchev–Trinajstić information content (AvgIpc) is 2.97. The Bertz CT molecular complexity index is 797. The molecule has 1 aromatic carbocycles. The molecule has 0 fully saturated rings. The van der Waals surface area contributed by atoms with Gasteiger partial charge in [-0.3, -0.25) is 15.1 Å². The monoisotopic (exact) mass is 283 g/mol. The van der Waals surface area contributed by atoms with Gasteiger partial charge in [0.15, 0.2) is 0 Å². The molecule has 6 heteroatoms. The standard InChI is InChI=1S/C14H9N3O2S/c18-17(19)14-3-1-2-13-12(14)7-5-10(16-13)4-6-11-8-15-9-20-11/h1-9H/b6-4+. The molecule has 0 N–H and O–H groups in total. The molecule has 2 aromatic heterocycles. The highest BCUT2D eigenvalue weighted by Crippen LogP contribution is 2.24. The van der Waals surface area contributed by atoms with E-state index in [0.29, 0.717) is 10.9 Å². The SMILES string of the molecule is O=[N+]([O-])c1cccc2nc(/C=C/c3cncs3)ccc12. The van der Waals surface area contributed by atoms with E-state index in [2.05, 4.69) is 9.97 Å². The number of non-ortho nitro benzene ring substituents is 1. The van der Waals surface area contributed by atoms with E-state index in [9.17, 15) is 10.1 Å². The summed E-state index contributed by atoms with van der Waals surface area (Å²) in [7, 11) is 0. The summed E-state index contributed by atoms with van der Waals surface area (Å²) in [5.41, 5.74) is 3.21. The normalized spacial score (nSPS) is 11.2. The number of nitrogens with zero attached hydrogens (tertiary/aromatic N) is 3. The molecule has 0 saturated heterocycles. The Labute approximate surface area is 118 Å². The molecule has 3 aromatic rings. The Morgan fingerprint density at radius 3 is 2.85 bits per heavy atom. The first-order valence-corrected chi connectivity index (χ1v) is 6.73. The Hall–Kier alpha value is -2.60. The van der Waals surface area contributed by atoms with E-state index < -0.39 is 4.92 Å². The molecule has 0 saturated carbocycles. The first-order valence-electron chi connectivity index (χ1n) is 5.85. The Morgan fingerprint density at radius 2 is 2.10 bits per heavy atom. The molecule has 3 rings (SSSR count). The van der Waals surface area contributed by atoms with Crippen LogP contribution in [-0.2, 0) is 0 Å². The van der Waals surface area contributed by atoms with Gasteiger partial charge >= 0.3 is 0 Å². The first-order chi connectivity index (χ1) is 9.74. The summed E-state index contributed by atoms with van der Waals surface area (Å²) in [5.74, 6) is 0. The number of nitro groups is 1. The highest BCUT2D eigenvalue weighted by atomic mass is 32.1. The van der Waals surface area contributed by atoms with Gasteiger partial charge in [-0.25, -0.2) is 4.98 Å². The Balaban J connectivity index is 2.01. The Kier molecular flexibility index (Phi) is 3.22. The number of aromatic nitrogens is 2. The summed E-state index contributed by atoms with van der Waals surface area (Å²) in [4.78, 5) is 20.0. The molecular formula is C14H9N3O2S. The molecule has 0 aliphatic heterocycles. The second kappa shape index (κ2) is 5.18.